The minimum atomic E-state index is -0.901. The molecule has 3 unspecified atom stereocenters. The predicted molar refractivity (Wildman–Crippen MR) is 84.2 cm³/mol. The monoisotopic (exact) mass is 321 g/mol. The maximum absolute atomic E-state index is 13.1. The first-order chi connectivity index (χ1) is 11.0. The fraction of sp³-hybridized carbons (Fsp3) is 0.611. The van der Waals surface area contributed by atoms with Gasteiger partial charge in [-0.05, 0) is 55.8 Å². The third-order valence-electron chi connectivity index (χ3n) is 5.40. The molecule has 2 aliphatic heterocycles. The van der Waals surface area contributed by atoms with Gasteiger partial charge in [0, 0.05) is 19.0 Å². The number of benzene rings is 1. The number of methoxy groups -OCH3 is 1. The van der Waals surface area contributed by atoms with Gasteiger partial charge in [0.1, 0.15) is 5.82 Å². The highest BCUT2D eigenvalue weighted by Gasteiger charge is 2.42. The summed E-state index contributed by atoms with van der Waals surface area (Å²) >= 11 is 0. The van der Waals surface area contributed by atoms with Crippen LogP contribution in [0.5, 0.6) is 0 Å². The van der Waals surface area contributed by atoms with E-state index >= 15 is 0 Å². The van der Waals surface area contributed by atoms with E-state index < -0.39 is 5.60 Å². The average molecular weight is 321 g/mol. The van der Waals surface area contributed by atoms with E-state index in [0.717, 1.165) is 31.5 Å². The minimum absolute atomic E-state index is 0.159. The van der Waals surface area contributed by atoms with Crippen LogP contribution in [0.4, 0.5) is 4.39 Å². The van der Waals surface area contributed by atoms with E-state index in [1.807, 2.05) is 0 Å². The number of piperidine rings is 2. The van der Waals surface area contributed by atoms with Crippen LogP contribution in [0.3, 0.4) is 0 Å². The maximum Gasteiger partial charge on any atom is 0.305 e. The van der Waals surface area contributed by atoms with Crippen molar-refractivity contribution >= 4 is 5.97 Å². The van der Waals surface area contributed by atoms with Crippen molar-refractivity contribution < 1.29 is 19.0 Å². The number of rotatable bonds is 3. The van der Waals surface area contributed by atoms with Crippen LogP contribution in [-0.2, 0) is 15.1 Å². The zero-order valence-electron chi connectivity index (χ0n) is 13.5. The molecule has 0 aliphatic carbocycles. The molecule has 2 heterocycles. The zero-order chi connectivity index (χ0) is 16.4. The fourth-order valence-corrected chi connectivity index (χ4v) is 4.04. The van der Waals surface area contributed by atoms with E-state index in [4.69, 9.17) is 4.74 Å². The lowest BCUT2D eigenvalue weighted by Crippen LogP contribution is -2.52. The Morgan fingerprint density at radius 2 is 2.13 bits per heavy atom. The summed E-state index contributed by atoms with van der Waals surface area (Å²) in [4.78, 5) is 13.9. The molecule has 0 amide bonds. The fourth-order valence-electron chi connectivity index (χ4n) is 4.04. The molecule has 1 aromatic rings. The van der Waals surface area contributed by atoms with Crippen LogP contribution in [0.2, 0.25) is 0 Å². The van der Waals surface area contributed by atoms with E-state index in [-0.39, 0.29) is 17.8 Å². The number of fused-ring (bicyclic) bond motifs is 1. The second-order valence-electron chi connectivity index (χ2n) is 6.85. The van der Waals surface area contributed by atoms with Gasteiger partial charge in [0.2, 0.25) is 0 Å². The Bertz CT molecular complexity index is 562. The summed E-state index contributed by atoms with van der Waals surface area (Å²) in [5, 5.41) is 11.0. The predicted octanol–water partition coefficient (Wildman–Crippen LogP) is 2.45. The largest absolute Gasteiger partial charge is 0.469 e. The molecule has 3 atom stereocenters. The lowest BCUT2D eigenvalue weighted by molar-refractivity contribution is -0.142. The van der Waals surface area contributed by atoms with Gasteiger partial charge in [-0.25, -0.2) is 4.39 Å². The summed E-state index contributed by atoms with van der Waals surface area (Å²) < 4.78 is 17.9. The van der Waals surface area contributed by atoms with Crippen molar-refractivity contribution in [3.63, 3.8) is 0 Å². The zero-order valence-corrected chi connectivity index (χ0v) is 13.5. The SMILES string of the molecule is COC(=O)CC1CCN2CCC(O)(c3ccc(F)cc3)CC2C1. The van der Waals surface area contributed by atoms with Crippen molar-refractivity contribution in [2.24, 2.45) is 5.92 Å². The van der Waals surface area contributed by atoms with Crippen LogP contribution in [-0.4, -0.2) is 42.2 Å². The number of carbonyl (C=O) groups excluding carboxylic acids is 1. The van der Waals surface area contributed by atoms with Crippen molar-refractivity contribution in [3.8, 4) is 0 Å². The summed E-state index contributed by atoms with van der Waals surface area (Å²) in [6, 6.07) is 6.43. The van der Waals surface area contributed by atoms with Gasteiger partial charge in [-0.1, -0.05) is 12.1 Å². The Balaban J connectivity index is 1.69. The van der Waals surface area contributed by atoms with E-state index in [1.165, 1.54) is 19.2 Å². The Morgan fingerprint density at radius 3 is 2.83 bits per heavy atom. The number of aliphatic hydroxyl groups is 1. The van der Waals surface area contributed by atoms with E-state index in [0.29, 0.717) is 25.2 Å². The summed E-state index contributed by atoms with van der Waals surface area (Å²) in [5.74, 6) is -0.127. The van der Waals surface area contributed by atoms with Gasteiger partial charge >= 0.3 is 5.97 Å². The quantitative estimate of drug-likeness (QED) is 0.869. The Hall–Kier alpha value is -1.46. The van der Waals surface area contributed by atoms with Gasteiger partial charge in [-0.15, -0.1) is 0 Å². The first-order valence-corrected chi connectivity index (χ1v) is 8.29. The molecular formula is C18H24FNO3. The third-order valence-corrected chi connectivity index (χ3v) is 5.40. The lowest BCUT2D eigenvalue weighted by atomic mass is 9.75. The van der Waals surface area contributed by atoms with Gasteiger partial charge in [0.25, 0.3) is 0 Å². The highest BCUT2D eigenvalue weighted by Crippen LogP contribution is 2.40. The molecule has 5 heteroatoms. The summed E-state index contributed by atoms with van der Waals surface area (Å²) in [6.07, 6.45) is 3.65. The second kappa shape index (κ2) is 6.57. The molecule has 0 aromatic heterocycles. The highest BCUT2D eigenvalue weighted by atomic mass is 19.1. The molecular weight excluding hydrogens is 297 g/mol. The van der Waals surface area contributed by atoms with Crippen molar-refractivity contribution in [2.75, 3.05) is 20.2 Å². The van der Waals surface area contributed by atoms with Gasteiger partial charge < -0.3 is 14.7 Å². The van der Waals surface area contributed by atoms with Gasteiger partial charge in [-0.2, -0.15) is 0 Å². The number of esters is 1. The summed E-state index contributed by atoms with van der Waals surface area (Å²) in [7, 11) is 1.42. The van der Waals surface area contributed by atoms with Crippen LogP contribution in [0.1, 0.15) is 37.7 Å². The molecule has 4 nitrogen and oxygen atoms in total. The van der Waals surface area contributed by atoms with Crippen molar-refractivity contribution in [1.29, 1.82) is 0 Å². The number of nitrogens with zero attached hydrogens (tertiary/aromatic N) is 1. The number of hydrogen-bond donors (Lipinski definition) is 1. The van der Waals surface area contributed by atoms with Crippen LogP contribution in [0, 0.1) is 11.7 Å². The number of halogens is 1. The number of carbonyl (C=O) groups is 1. The van der Waals surface area contributed by atoms with E-state index in [1.54, 1.807) is 12.1 Å². The smallest absolute Gasteiger partial charge is 0.305 e. The molecule has 1 aromatic carbocycles. The molecule has 2 saturated heterocycles. The van der Waals surface area contributed by atoms with E-state index in [9.17, 15) is 14.3 Å². The summed E-state index contributed by atoms with van der Waals surface area (Å²) in [6.45, 7) is 1.80. The van der Waals surface area contributed by atoms with Gasteiger partial charge in [0.05, 0.1) is 12.7 Å². The molecule has 2 aliphatic rings. The van der Waals surface area contributed by atoms with Gasteiger partial charge in [-0.3, -0.25) is 4.79 Å². The second-order valence-corrected chi connectivity index (χ2v) is 6.85. The Labute approximate surface area is 136 Å². The van der Waals surface area contributed by atoms with Crippen LogP contribution in [0.25, 0.3) is 0 Å². The topological polar surface area (TPSA) is 49.8 Å². The average Bonchev–Trinajstić information content (AvgIpc) is 2.55. The molecule has 0 bridgehead atoms. The van der Waals surface area contributed by atoms with Crippen molar-refractivity contribution in [2.45, 2.75) is 43.7 Å². The highest BCUT2D eigenvalue weighted by molar-refractivity contribution is 5.69. The Morgan fingerprint density at radius 1 is 1.39 bits per heavy atom. The number of hydrogen-bond acceptors (Lipinski definition) is 4. The lowest BCUT2D eigenvalue weighted by Gasteiger charge is -2.48. The van der Waals surface area contributed by atoms with Crippen LogP contribution < -0.4 is 0 Å². The molecule has 2 fully saturated rings. The normalized spacial score (nSPS) is 31.4. The van der Waals surface area contributed by atoms with Crippen LogP contribution in [0.15, 0.2) is 24.3 Å². The molecule has 126 valence electrons. The molecule has 1 N–H and O–H groups in total. The molecule has 0 saturated carbocycles. The summed E-state index contributed by atoms with van der Waals surface area (Å²) in [5.41, 5.74) is -0.115. The van der Waals surface area contributed by atoms with E-state index in [2.05, 4.69) is 4.90 Å². The first kappa shape index (κ1) is 16.4. The van der Waals surface area contributed by atoms with Crippen molar-refractivity contribution in [3.05, 3.63) is 35.6 Å². The number of ether oxygens (including phenoxy) is 1. The van der Waals surface area contributed by atoms with Crippen LogP contribution >= 0.6 is 0 Å². The molecule has 23 heavy (non-hydrogen) atoms. The first-order valence-electron chi connectivity index (χ1n) is 8.29. The molecule has 3 rings (SSSR count). The van der Waals surface area contributed by atoms with Crippen molar-refractivity contribution in [1.82, 2.24) is 4.90 Å². The molecule has 0 spiro atoms. The van der Waals surface area contributed by atoms with Gasteiger partial charge in [0.15, 0.2) is 0 Å². The third kappa shape index (κ3) is 3.56. The maximum atomic E-state index is 13.1. The Kier molecular flexibility index (Phi) is 4.69. The minimum Gasteiger partial charge on any atom is -0.469 e. The standard InChI is InChI=1S/C18H24FNO3/c1-23-17(21)11-13-6-8-20-9-7-18(22,12-16(20)10-13)14-2-4-15(19)5-3-14/h2-5,13,16,22H,6-12H2,1H3. The molecule has 0 radical (unpaired) electrons.